The lowest BCUT2D eigenvalue weighted by atomic mass is 10.1. The van der Waals surface area contributed by atoms with Gasteiger partial charge in [0.25, 0.3) is 5.91 Å². The average molecular weight is 409 g/mol. The summed E-state index contributed by atoms with van der Waals surface area (Å²) < 4.78 is 30.9. The number of carbonyl (C=O) groups is 1. The van der Waals surface area contributed by atoms with E-state index in [1.165, 1.54) is 10.6 Å². The van der Waals surface area contributed by atoms with Crippen molar-refractivity contribution in [3.63, 3.8) is 0 Å². The molecule has 0 aromatic heterocycles. The van der Waals surface area contributed by atoms with E-state index < -0.39 is 10.0 Å². The van der Waals surface area contributed by atoms with E-state index in [4.69, 9.17) is 16.3 Å². The summed E-state index contributed by atoms with van der Waals surface area (Å²) in [4.78, 5) is 12.3. The van der Waals surface area contributed by atoms with Gasteiger partial charge in [0, 0.05) is 16.6 Å². The number of anilines is 1. The first kappa shape index (κ1) is 19.5. The van der Waals surface area contributed by atoms with Crippen LogP contribution in [0.4, 0.5) is 5.69 Å². The molecule has 144 valence electrons. The number of carbonyl (C=O) groups excluding carboxylic acids is 1. The predicted molar refractivity (Wildman–Crippen MR) is 106 cm³/mol. The second-order valence-electron chi connectivity index (χ2n) is 6.51. The SMILES string of the molecule is C[C@H]1Cc2cc(C(=O)NCCOc3ccc(Cl)cc3)ccc2N1S(C)(=O)=O. The van der Waals surface area contributed by atoms with E-state index in [0.29, 0.717) is 41.6 Å². The van der Waals surface area contributed by atoms with Gasteiger partial charge in [-0.25, -0.2) is 8.42 Å². The molecule has 2 aromatic carbocycles. The smallest absolute Gasteiger partial charge is 0.251 e. The van der Waals surface area contributed by atoms with Gasteiger partial charge in [0.15, 0.2) is 0 Å². The number of amides is 1. The second-order valence-corrected chi connectivity index (χ2v) is 8.81. The standard InChI is InChI=1S/C19H21ClN2O4S/c1-13-11-15-12-14(3-8-18(15)22(13)27(2,24)25)19(23)21-9-10-26-17-6-4-16(20)5-7-17/h3-8,12-13H,9-11H2,1-2H3,(H,21,23)/t13-/m0/s1. The van der Waals surface area contributed by atoms with Crippen LogP contribution in [0.15, 0.2) is 42.5 Å². The Morgan fingerprint density at radius 1 is 1.26 bits per heavy atom. The Bertz CT molecular complexity index is 945. The molecule has 0 fully saturated rings. The fourth-order valence-electron chi connectivity index (χ4n) is 3.22. The van der Waals surface area contributed by atoms with Gasteiger partial charge >= 0.3 is 0 Å². The molecule has 0 saturated heterocycles. The Labute approximate surface area is 164 Å². The Morgan fingerprint density at radius 3 is 2.63 bits per heavy atom. The van der Waals surface area contributed by atoms with Gasteiger partial charge < -0.3 is 10.1 Å². The predicted octanol–water partition coefficient (Wildman–Crippen LogP) is 2.86. The van der Waals surface area contributed by atoms with Gasteiger partial charge in [0.05, 0.1) is 18.5 Å². The highest BCUT2D eigenvalue weighted by molar-refractivity contribution is 7.92. The number of halogens is 1. The van der Waals surface area contributed by atoms with Gasteiger partial charge in [0.1, 0.15) is 12.4 Å². The Kier molecular flexibility index (Phi) is 5.62. The van der Waals surface area contributed by atoms with Crippen LogP contribution in [-0.2, 0) is 16.4 Å². The summed E-state index contributed by atoms with van der Waals surface area (Å²) in [5.41, 5.74) is 2.01. The highest BCUT2D eigenvalue weighted by Gasteiger charge is 2.32. The molecule has 0 unspecified atom stereocenters. The molecule has 1 heterocycles. The first-order valence-corrected chi connectivity index (χ1v) is 10.8. The van der Waals surface area contributed by atoms with Gasteiger partial charge in [-0.1, -0.05) is 11.6 Å². The van der Waals surface area contributed by atoms with Crippen LogP contribution in [0.2, 0.25) is 5.02 Å². The van der Waals surface area contributed by atoms with Crippen molar-refractivity contribution in [1.82, 2.24) is 5.32 Å². The van der Waals surface area contributed by atoms with Crippen LogP contribution < -0.4 is 14.4 Å². The summed E-state index contributed by atoms with van der Waals surface area (Å²) in [6.07, 6.45) is 1.78. The number of sulfonamides is 1. The van der Waals surface area contributed by atoms with Crippen molar-refractivity contribution in [2.75, 3.05) is 23.7 Å². The van der Waals surface area contributed by atoms with Crippen molar-refractivity contribution in [2.24, 2.45) is 0 Å². The highest BCUT2D eigenvalue weighted by atomic mass is 35.5. The first-order chi connectivity index (χ1) is 12.8. The van der Waals surface area contributed by atoms with E-state index in [2.05, 4.69) is 5.32 Å². The van der Waals surface area contributed by atoms with Gasteiger partial charge in [-0.05, 0) is 61.4 Å². The third kappa shape index (κ3) is 4.54. The molecule has 1 aliphatic rings. The Hall–Kier alpha value is -2.25. The van der Waals surface area contributed by atoms with Gasteiger partial charge in [-0.15, -0.1) is 0 Å². The maximum Gasteiger partial charge on any atom is 0.251 e. The van der Waals surface area contributed by atoms with Crippen molar-refractivity contribution < 1.29 is 17.9 Å². The summed E-state index contributed by atoms with van der Waals surface area (Å²) in [7, 11) is -3.34. The number of rotatable bonds is 6. The molecule has 27 heavy (non-hydrogen) atoms. The lowest BCUT2D eigenvalue weighted by Crippen LogP contribution is -2.34. The summed E-state index contributed by atoms with van der Waals surface area (Å²) in [5, 5.41) is 3.44. The maximum absolute atomic E-state index is 12.3. The van der Waals surface area contributed by atoms with E-state index in [-0.39, 0.29) is 11.9 Å². The molecular formula is C19H21ClN2O4S. The van der Waals surface area contributed by atoms with E-state index in [1.54, 1.807) is 42.5 Å². The lowest BCUT2D eigenvalue weighted by molar-refractivity contribution is 0.0947. The van der Waals surface area contributed by atoms with Crippen LogP contribution in [0.1, 0.15) is 22.8 Å². The van der Waals surface area contributed by atoms with E-state index in [0.717, 1.165) is 5.56 Å². The van der Waals surface area contributed by atoms with Gasteiger partial charge in [0.2, 0.25) is 10.0 Å². The van der Waals surface area contributed by atoms with Crippen LogP contribution in [-0.4, -0.2) is 39.8 Å². The number of nitrogens with zero attached hydrogens (tertiary/aromatic N) is 1. The quantitative estimate of drug-likeness (QED) is 0.746. The number of benzene rings is 2. The lowest BCUT2D eigenvalue weighted by Gasteiger charge is -2.21. The van der Waals surface area contributed by atoms with Gasteiger partial charge in [-0.2, -0.15) is 0 Å². The molecule has 0 spiro atoms. The maximum atomic E-state index is 12.3. The van der Waals surface area contributed by atoms with Crippen molar-refractivity contribution in [3.8, 4) is 5.75 Å². The zero-order valence-electron chi connectivity index (χ0n) is 15.1. The summed E-state index contributed by atoms with van der Waals surface area (Å²) in [6, 6.07) is 11.9. The molecule has 1 N–H and O–H groups in total. The number of ether oxygens (including phenoxy) is 1. The average Bonchev–Trinajstić information content (AvgIpc) is 2.95. The normalized spacial score (nSPS) is 16.1. The van der Waals surface area contributed by atoms with E-state index >= 15 is 0 Å². The topological polar surface area (TPSA) is 75.7 Å². The van der Waals surface area contributed by atoms with Crippen molar-refractivity contribution in [1.29, 1.82) is 0 Å². The molecule has 1 atom stereocenters. The van der Waals surface area contributed by atoms with Crippen LogP contribution in [0.25, 0.3) is 0 Å². The minimum atomic E-state index is -3.34. The largest absolute Gasteiger partial charge is 0.492 e. The van der Waals surface area contributed by atoms with Crippen LogP contribution >= 0.6 is 11.6 Å². The fourth-order valence-corrected chi connectivity index (χ4v) is 4.61. The molecule has 3 rings (SSSR count). The van der Waals surface area contributed by atoms with Crippen molar-refractivity contribution in [2.45, 2.75) is 19.4 Å². The third-order valence-corrected chi connectivity index (χ3v) is 5.85. The molecule has 0 saturated carbocycles. The van der Waals surface area contributed by atoms with Crippen molar-refractivity contribution >= 4 is 33.2 Å². The first-order valence-electron chi connectivity index (χ1n) is 8.54. The fraction of sp³-hybridized carbons (Fsp3) is 0.316. The number of hydrogen-bond acceptors (Lipinski definition) is 4. The van der Waals surface area contributed by atoms with Crippen LogP contribution in [0, 0.1) is 0 Å². The molecule has 1 aliphatic heterocycles. The summed E-state index contributed by atoms with van der Waals surface area (Å²) in [5.74, 6) is 0.462. The summed E-state index contributed by atoms with van der Waals surface area (Å²) >= 11 is 5.82. The molecular weight excluding hydrogens is 388 g/mol. The summed E-state index contributed by atoms with van der Waals surface area (Å²) in [6.45, 7) is 2.54. The second kappa shape index (κ2) is 7.78. The molecule has 6 nitrogen and oxygen atoms in total. The Morgan fingerprint density at radius 2 is 1.96 bits per heavy atom. The van der Waals surface area contributed by atoms with E-state index in [9.17, 15) is 13.2 Å². The molecule has 0 aliphatic carbocycles. The minimum Gasteiger partial charge on any atom is -0.492 e. The van der Waals surface area contributed by atoms with Gasteiger partial charge in [-0.3, -0.25) is 9.10 Å². The van der Waals surface area contributed by atoms with Crippen LogP contribution in [0.3, 0.4) is 0 Å². The molecule has 8 heteroatoms. The number of nitrogens with one attached hydrogen (secondary N) is 1. The zero-order valence-corrected chi connectivity index (χ0v) is 16.7. The molecule has 0 radical (unpaired) electrons. The van der Waals surface area contributed by atoms with Crippen LogP contribution in [0.5, 0.6) is 5.75 Å². The molecule has 2 aromatic rings. The number of fused-ring (bicyclic) bond motifs is 1. The van der Waals surface area contributed by atoms with E-state index in [1.807, 2.05) is 6.92 Å². The zero-order chi connectivity index (χ0) is 19.6. The highest BCUT2D eigenvalue weighted by Crippen LogP contribution is 2.34. The number of hydrogen-bond donors (Lipinski definition) is 1. The third-order valence-electron chi connectivity index (χ3n) is 4.32. The molecule has 0 bridgehead atoms. The molecule has 1 amide bonds. The Balaban J connectivity index is 1.58. The monoisotopic (exact) mass is 408 g/mol. The van der Waals surface area contributed by atoms with Crippen molar-refractivity contribution in [3.05, 3.63) is 58.6 Å². The minimum absolute atomic E-state index is 0.152.